The Morgan fingerprint density at radius 2 is 1.79 bits per heavy atom. The van der Waals surface area contributed by atoms with Gasteiger partial charge in [0.05, 0.1) is 0 Å². The van der Waals surface area contributed by atoms with Crippen molar-refractivity contribution in [3.05, 3.63) is 68.9 Å². The van der Waals surface area contributed by atoms with Crippen LogP contribution in [0.3, 0.4) is 0 Å². The second-order valence-corrected chi connectivity index (χ2v) is 5.52. The highest BCUT2D eigenvalue weighted by Crippen LogP contribution is 2.20. The summed E-state index contributed by atoms with van der Waals surface area (Å²) >= 11 is 3.29. The minimum atomic E-state index is -0.345. The number of hydrogen-bond acceptors (Lipinski definition) is 1. The van der Waals surface area contributed by atoms with Gasteiger partial charge in [0, 0.05) is 16.5 Å². The lowest BCUT2D eigenvalue weighted by molar-refractivity contribution is 0.0990. The monoisotopic (exact) mass is 320 g/mol. The Morgan fingerprint density at radius 3 is 2.42 bits per heavy atom. The Kier molecular flexibility index (Phi) is 4.15. The molecule has 2 aromatic rings. The van der Waals surface area contributed by atoms with E-state index in [1.54, 1.807) is 12.1 Å². The number of halogens is 2. The molecule has 0 amide bonds. The van der Waals surface area contributed by atoms with Crippen molar-refractivity contribution >= 4 is 21.7 Å². The molecule has 0 aliphatic heterocycles. The van der Waals surface area contributed by atoms with Gasteiger partial charge in [-0.1, -0.05) is 34.1 Å². The molecule has 0 radical (unpaired) electrons. The third-order valence-electron chi connectivity index (χ3n) is 3.12. The first kappa shape index (κ1) is 13.9. The molecule has 98 valence electrons. The van der Waals surface area contributed by atoms with E-state index in [1.807, 2.05) is 32.0 Å². The molecule has 0 aromatic heterocycles. The molecular weight excluding hydrogens is 307 g/mol. The summed E-state index contributed by atoms with van der Waals surface area (Å²) in [5.41, 5.74) is 2.98. The number of Topliss-reactive ketones (excluding diaryl/α,β-unsaturated/α-hetero) is 1. The van der Waals surface area contributed by atoms with Crippen LogP contribution in [0, 0.1) is 19.7 Å². The van der Waals surface area contributed by atoms with Gasteiger partial charge in [0.25, 0.3) is 0 Å². The second-order valence-electron chi connectivity index (χ2n) is 4.60. The molecule has 0 heterocycles. The lowest BCUT2D eigenvalue weighted by Gasteiger charge is -2.09. The average Bonchev–Trinajstić information content (AvgIpc) is 2.33. The summed E-state index contributed by atoms with van der Waals surface area (Å²) in [5, 5.41) is 0. The molecule has 19 heavy (non-hydrogen) atoms. The van der Waals surface area contributed by atoms with Crippen LogP contribution in [0.15, 0.2) is 40.9 Å². The van der Waals surface area contributed by atoms with E-state index in [9.17, 15) is 9.18 Å². The maximum atomic E-state index is 13.7. The van der Waals surface area contributed by atoms with E-state index < -0.39 is 0 Å². The van der Waals surface area contributed by atoms with Gasteiger partial charge in [-0.25, -0.2) is 4.39 Å². The first-order chi connectivity index (χ1) is 8.99. The quantitative estimate of drug-likeness (QED) is 0.753. The van der Waals surface area contributed by atoms with Gasteiger partial charge in [-0.2, -0.15) is 0 Å². The van der Waals surface area contributed by atoms with Gasteiger partial charge in [-0.15, -0.1) is 0 Å². The average molecular weight is 321 g/mol. The number of carbonyl (C=O) groups is 1. The van der Waals surface area contributed by atoms with Gasteiger partial charge in [0.2, 0.25) is 0 Å². The molecule has 2 aromatic carbocycles. The molecule has 0 saturated heterocycles. The zero-order valence-electron chi connectivity index (χ0n) is 10.8. The van der Waals surface area contributed by atoms with E-state index in [-0.39, 0.29) is 18.0 Å². The topological polar surface area (TPSA) is 17.1 Å². The van der Waals surface area contributed by atoms with E-state index in [0.29, 0.717) is 11.1 Å². The van der Waals surface area contributed by atoms with Crippen molar-refractivity contribution in [2.45, 2.75) is 20.3 Å². The molecule has 0 aliphatic rings. The molecule has 0 fully saturated rings. The Morgan fingerprint density at radius 1 is 1.16 bits per heavy atom. The van der Waals surface area contributed by atoms with Crippen LogP contribution in [0.5, 0.6) is 0 Å². The van der Waals surface area contributed by atoms with Crippen LogP contribution in [0.1, 0.15) is 27.0 Å². The molecule has 0 aliphatic carbocycles. The SMILES string of the molecule is Cc1cccc(C)c1C(=O)Cc1cc(Br)ccc1F. The fraction of sp³-hybridized carbons (Fsp3) is 0.188. The third-order valence-corrected chi connectivity index (χ3v) is 3.61. The lowest BCUT2D eigenvalue weighted by atomic mass is 9.95. The van der Waals surface area contributed by atoms with Crippen LogP contribution in [0.25, 0.3) is 0 Å². The Bertz CT molecular complexity index is 614. The van der Waals surface area contributed by atoms with Crippen LogP contribution >= 0.6 is 15.9 Å². The van der Waals surface area contributed by atoms with Crippen molar-refractivity contribution in [3.63, 3.8) is 0 Å². The number of hydrogen-bond donors (Lipinski definition) is 0. The maximum absolute atomic E-state index is 13.7. The molecule has 0 unspecified atom stereocenters. The third kappa shape index (κ3) is 3.10. The highest BCUT2D eigenvalue weighted by Gasteiger charge is 2.14. The highest BCUT2D eigenvalue weighted by molar-refractivity contribution is 9.10. The first-order valence-electron chi connectivity index (χ1n) is 6.02. The summed E-state index contributed by atoms with van der Waals surface area (Å²) in [6.07, 6.45) is 0.0803. The molecule has 3 heteroatoms. The summed E-state index contributed by atoms with van der Waals surface area (Å²) < 4.78 is 14.4. The van der Waals surface area contributed by atoms with Gasteiger partial charge in [0.15, 0.2) is 5.78 Å². The van der Waals surface area contributed by atoms with Crippen molar-refractivity contribution in [1.82, 2.24) is 0 Å². The van der Waals surface area contributed by atoms with Gasteiger partial charge in [0.1, 0.15) is 5.82 Å². The smallest absolute Gasteiger partial charge is 0.167 e. The lowest BCUT2D eigenvalue weighted by Crippen LogP contribution is -2.09. The number of carbonyl (C=O) groups excluding carboxylic acids is 1. The van der Waals surface area contributed by atoms with Crippen molar-refractivity contribution in [2.75, 3.05) is 0 Å². The van der Waals surface area contributed by atoms with Crippen molar-refractivity contribution in [2.24, 2.45) is 0 Å². The molecule has 0 saturated carbocycles. The van der Waals surface area contributed by atoms with Gasteiger partial charge >= 0.3 is 0 Å². The van der Waals surface area contributed by atoms with Gasteiger partial charge < -0.3 is 0 Å². The van der Waals surface area contributed by atoms with Crippen LogP contribution in [0.4, 0.5) is 4.39 Å². The summed E-state index contributed by atoms with van der Waals surface area (Å²) in [6, 6.07) is 10.4. The number of ketones is 1. The predicted molar refractivity (Wildman–Crippen MR) is 78.1 cm³/mol. The number of benzene rings is 2. The number of aryl methyl sites for hydroxylation is 2. The molecule has 0 bridgehead atoms. The Balaban J connectivity index is 2.34. The molecular formula is C16H14BrFO. The zero-order chi connectivity index (χ0) is 14.0. The van der Waals surface area contributed by atoms with E-state index in [4.69, 9.17) is 0 Å². The molecule has 0 spiro atoms. The summed E-state index contributed by atoms with van der Waals surface area (Å²) in [5.74, 6) is -0.393. The number of rotatable bonds is 3. The summed E-state index contributed by atoms with van der Waals surface area (Å²) in [6.45, 7) is 3.80. The summed E-state index contributed by atoms with van der Waals surface area (Å²) in [7, 11) is 0. The highest BCUT2D eigenvalue weighted by atomic mass is 79.9. The van der Waals surface area contributed by atoms with Gasteiger partial charge in [-0.3, -0.25) is 4.79 Å². The van der Waals surface area contributed by atoms with E-state index >= 15 is 0 Å². The van der Waals surface area contributed by atoms with Crippen LogP contribution in [-0.2, 0) is 6.42 Å². The Labute approximate surface area is 120 Å². The standard InChI is InChI=1S/C16H14BrFO/c1-10-4-3-5-11(2)16(10)15(19)9-12-8-13(17)6-7-14(12)18/h3-8H,9H2,1-2H3. The minimum Gasteiger partial charge on any atom is -0.294 e. The predicted octanol–water partition coefficient (Wildman–Crippen LogP) is 4.63. The molecule has 0 N–H and O–H groups in total. The first-order valence-corrected chi connectivity index (χ1v) is 6.81. The zero-order valence-corrected chi connectivity index (χ0v) is 12.4. The fourth-order valence-corrected chi connectivity index (χ4v) is 2.60. The molecule has 1 nitrogen and oxygen atoms in total. The van der Waals surface area contributed by atoms with Crippen molar-refractivity contribution in [3.8, 4) is 0 Å². The molecule has 2 rings (SSSR count). The Hall–Kier alpha value is -1.48. The van der Waals surface area contributed by atoms with Crippen molar-refractivity contribution < 1.29 is 9.18 Å². The summed E-state index contributed by atoms with van der Waals surface area (Å²) in [4.78, 5) is 12.3. The van der Waals surface area contributed by atoms with E-state index in [2.05, 4.69) is 15.9 Å². The fourth-order valence-electron chi connectivity index (χ4n) is 2.19. The maximum Gasteiger partial charge on any atom is 0.167 e. The van der Waals surface area contributed by atoms with Gasteiger partial charge in [-0.05, 0) is 48.7 Å². The normalized spacial score (nSPS) is 10.5. The van der Waals surface area contributed by atoms with E-state index in [1.165, 1.54) is 6.07 Å². The van der Waals surface area contributed by atoms with Crippen molar-refractivity contribution in [1.29, 1.82) is 0 Å². The molecule has 0 atom stereocenters. The minimum absolute atomic E-state index is 0.0485. The largest absolute Gasteiger partial charge is 0.294 e. The van der Waals surface area contributed by atoms with Crippen LogP contribution < -0.4 is 0 Å². The van der Waals surface area contributed by atoms with Crippen LogP contribution in [0.2, 0.25) is 0 Å². The van der Waals surface area contributed by atoms with E-state index in [0.717, 1.165) is 15.6 Å². The second kappa shape index (κ2) is 5.66. The van der Waals surface area contributed by atoms with Crippen LogP contribution in [-0.4, -0.2) is 5.78 Å².